The maximum Gasteiger partial charge on any atom is 0.339 e. The van der Waals surface area contributed by atoms with Gasteiger partial charge in [0.15, 0.2) is 0 Å². The molecule has 7 nitrogen and oxygen atoms in total. The van der Waals surface area contributed by atoms with E-state index in [9.17, 15) is 14.7 Å². The zero-order valence-electron chi connectivity index (χ0n) is 17.8. The number of aromatic carboxylic acids is 1. The molecule has 0 saturated heterocycles. The highest BCUT2D eigenvalue weighted by Gasteiger charge is 2.67. The molecule has 4 aliphatic rings. The lowest BCUT2D eigenvalue weighted by Crippen LogP contribution is -2.68. The summed E-state index contributed by atoms with van der Waals surface area (Å²) in [6.07, 6.45) is 7.82. The number of nitrogens with two attached hydrogens (primary N) is 1. The number of carboxylic acid groups (broad SMARTS) is 1. The zero-order valence-corrected chi connectivity index (χ0v) is 17.8. The highest BCUT2D eigenvalue weighted by atomic mass is 16.4. The van der Waals surface area contributed by atoms with Crippen LogP contribution in [0.1, 0.15) is 63.2 Å². The molecule has 0 spiro atoms. The van der Waals surface area contributed by atoms with Crippen LogP contribution >= 0.6 is 0 Å². The smallest absolute Gasteiger partial charge is 0.339 e. The van der Waals surface area contributed by atoms with Crippen molar-refractivity contribution in [2.45, 2.75) is 58.9 Å². The van der Waals surface area contributed by atoms with E-state index in [4.69, 9.17) is 5.73 Å². The number of hydrogen-bond donors (Lipinski definition) is 3. The minimum Gasteiger partial charge on any atom is -0.478 e. The largest absolute Gasteiger partial charge is 0.478 e. The topological polar surface area (TPSA) is 110 Å². The second-order valence-corrected chi connectivity index (χ2v) is 10.9. The van der Waals surface area contributed by atoms with Crippen molar-refractivity contribution in [1.82, 2.24) is 9.61 Å². The Kier molecular flexibility index (Phi) is 3.87. The number of amides is 1. The van der Waals surface area contributed by atoms with E-state index in [0.717, 1.165) is 37.6 Å². The Hall–Kier alpha value is -2.57. The maximum atomic E-state index is 12.6. The van der Waals surface area contributed by atoms with Crippen LogP contribution in [0.5, 0.6) is 0 Å². The second-order valence-electron chi connectivity index (χ2n) is 10.9. The van der Waals surface area contributed by atoms with Crippen LogP contribution < -0.4 is 11.1 Å². The molecule has 7 heteroatoms. The average molecular weight is 411 g/mol. The van der Waals surface area contributed by atoms with E-state index in [1.807, 2.05) is 18.3 Å². The first-order valence-electron chi connectivity index (χ1n) is 10.8. The van der Waals surface area contributed by atoms with Gasteiger partial charge in [0.25, 0.3) is 0 Å². The van der Waals surface area contributed by atoms with Gasteiger partial charge in [0.05, 0.1) is 22.8 Å². The third kappa shape index (κ3) is 2.47. The number of nitrogens with zero attached hydrogens (tertiary/aromatic N) is 2. The summed E-state index contributed by atoms with van der Waals surface area (Å²) in [5.41, 5.74) is 6.93. The normalized spacial score (nSPS) is 35.0. The SMILES string of the molecule is CC(C)(C)C12CC3CC(CC(C(N)=O)(C3)C1)C2Nc1c(C(=O)O)cnn2cccc12. The highest BCUT2D eigenvalue weighted by molar-refractivity contribution is 5.98. The first kappa shape index (κ1) is 19.4. The molecule has 4 aliphatic carbocycles. The molecule has 1 amide bonds. The summed E-state index contributed by atoms with van der Waals surface area (Å²) < 4.78 is 1.71. The van der Waals surface area contributed by atoms with Gasteiger partial charge in [0, 0.05) is 12.2 Å². The van der Waals surface area contributed by atoms with E-state index >= 15 is 0 Å². The third-order valence-electron chi connectivity index (χ3n) is 8.45. The van der Waals surface area contributed by atoms with Gasteiger partial charge in [-0.05, 0) is 66.9 Å². The lowest BCUT2D eigenvalue weighted by molar-refractivity contribution is -0.177. The Morgan fingerprint density at radius 3 is 2.73 bits per heavy atom. The van der Waals surface area contributed by atoms with Crippen molar-refractivity contribution in [3.05, 3.63) is 30.1 Å². The molecule has 160 valence electrons. The molecule has 2 heterocycles. The number of carboxylic acids is 1. The molecule has 2 aromatic heterocycles. The molecule has 4 saturated carbocycles. The molecular weight excluding hydrogens is 380 g/mol. The van der Waals surface area contributed by atoms with Crippen LogP contribution in [-0.4, -0.2) is 32.6 Å². The summed E-state index contributed by atoms with van der Waals surface area (Å²) in [6.45, 7) is 6.75. The molecule has 0 aromatic carbocycles. The lowest BCUT2D eigenvalue weighted by Gasteiger charge is -2.68. The van der Waals surface area contributed by atoms with E-state index in [-0.39, 0.29) is 28.3 Å². The highest BCUT2D eigenvalue weighted by Crippen LogP contribution is 2.70. The molecule has 0 aliphatic heterocycles. The molecule has 0 radical (unpaired) electrons. The van der Waals surface area contributed by atoms with Crippen molar-refractivity contribution in [2.75, 3.05) is 5.32 Å². The molecule has 30 heavy (non-hydrogen) atoms. The molecule has 6 rings (SSSR count). The van der Waals surface area contributed by atoms with Crippen LogP contribution in [-0.2, 0) is 4.79 Å². The zero-order chi connectivity index (χ0) is 21.5. The van der Waals surface area contributed by atoms with Gasteiger partial charge in [0.2, 0.25) is 5.91 Å². The molecule has 5 atom stereocenters. The number of hydrogen-bond acceptors (Lipinski definition) is 4. The van der Waals surface area contributed by atoms with Crippen LogP contribution in [0.15, 0.2) is 24.5 Å². The summed E-state index contributed by atoms with van der Waals surface area (Å²) in [5.74, 6) is -0.348. The molecule has 5 unspecified atom stereocenters. The second kappa shape index (κ2) is 5.99. The standard InChI is InChI=1S/C23H30N4O3/c1-21(2,3)23-9-13-7-14(10-22(8-13,12-23)20(24)30)18(23)26-17-15(19(28)29)11-25-27-6-4-5-16(17)27/h4-6,11,13-14,18,26H,7-10,12H2,1-3H3,(H2,24,30)(H,28,29). The summed E-state index contributed by atoms with van der Waals surface area (Å²) in [7, 11) is 0. The van der Waals surface area contributed by atoms with Crippen molar-refractivity contribution in [2.24, 2.45) is 33.8 Å². The Balaban J connectivity index is 1.65. The minimum absolute atomic E-state index is 0.0577. The number of rotatable bonds is 4. The minimum atomic E-state index is -0.990. The molecule has 4 bridgehead atoms. The van der Waals surface area contributed by atoms with Crippen molar-refractivity contribution in [3.63, 3.8) is 0 Å². The summed E-state index contributed by atoms with van der Waals surface area (Å²) in [6, 6.07) is 3.85. The molecular formula is C23H30N4O3. The number of anilines is 1. The van der Waals surface area contributed by atoms with Gasteiger partial charge in [-0.3, -0.25) is 4.79 Å². The predicted octanol–water partition coefficient (Wildman–Crippen LogP) is 3.54. The molecule has 4 N–H and O–H groups in total. The lowest BCUT2D eigenvalue weighted by atomic mass is 9.37. The van der Waals surface area contributed by atoms with Crippen molar-refractivity contribution in [3.8, 4) is 0 Å². The van der Waals surface area contributed by atoms with E-state index in [2.05, 4.69) is 31.2 Å². The van der Waals surface area contributed by atoms with Gasteiger partial charge < -0.3 is 16.2 Å². The van der Waals surface area contributed by atoms with Crippen LogP contribution in [0.25, 0.3) is 5.52 Å². The summed E-state index contributed by atoms with van der Waals surface area (Å²) in [4.78, 5) is 24.6. The van der Waals surface area contributed by atoms with Gasteiger partial charge in [-0.1, -0.05) is 20.8 Å². The summed E-state index contributed by atoms with van der Waals surface area (Å²) in [5, 5.41) is 17.8. The van der Waals surface area contributed by atoms with E-state index < -0.39 is 11.4 Å². The first-order valence-corrected chi connectivity index (χ1v) is 10.8. The van der Waals surface area contributed by atoms with Gasteiger partial charge >= 0.3 is 5.97 Å². The van der Waals surface area contributed by atoms with Crippen LogP contribution in [0.4, 0.5) is 5.69 Å². The molecule has 2 aromatic rings. The third-order valence-corrected chi connectivity index (χ3v) is 8.45. The number of fused-ring (bicyclic) bond motifs is 1. The van der Waals surface area contributed by atoms with Gasteiger partial charge in [-0.15, -0.1) is 0 Å². The van der Waals surface area contributed by atoms with E-state index in [1.54, 1.807) is 4.52 Å². The van der Waals surface area contributed by atoms with Crippen LogP contribution in [0, 0.1) is 28.1 Å². The Morgan fingerprint density at radius 1 is 1.30 bits per heavy atom. The fourth-order valence-electron chi connectivity index (χ4n) is 7.21. The number of nitrogens with one attached hydrogen (secondary N) is 1. The Labute approximate surface area is 176 Å². The van der Waals surface area contributed by atoms with Crippen molar-refractivity contribution in [1.29, 1.82) is 0 Å². The number of carbonyl (C=O) groups excluding carboxylic acids is 1. The van der Waals surface area contributed by atoms with Gasteiger partial charge in [-0.2, -0.15) is 5.10 Å². The average Bonchev–Trinajstić information content (AvgIpc) is 3.12. The monoisotopic (exact) mass is 410 g/mol. The predicted molar refractivity (Wildman–Crippen MR) is 113 cm³/mol. The number of carbonyl (C=O) groups is 2. The van der Waals surface area contributed by atoms with Gasteiger partial charge in [0.1, 0.15) is 5.56 Å². The summed E-state index contributed by atoms with van der Waals surface area (Å²) >= 11 is 0. The van der Waals surface area contributed by atoms with Crippen molar-refractivity contribution < 1.29 is 14.7 Å². The fraction of sp³-hybridized carbons (Fsp3) is 0.609. The quantitative estimate of drug-likeness (QED) is 0.714. The van der Waals surface area contributed by atoms with Crippen molar-refractivity contribution >= 4 is 23.1 Å². The first-order chi connectivity index (χ1) is 14.1. The number of aromatic nitrogens is 2. The fourth-order valence-corrected chi connectivity index (χ4v) is 7.21. The van der Waals surface area contributed by atoms with E-state index in [1.165, 1.54) is 6.20 Å². The maximum absolute atomic E-state index is 12.6. The Morgan fingerprint density at radius 2 is 2.07 bits per heavy atom. The molecule has 4 fully saturated rings. The van der Waals surface area contributed by atoms with Gasteiger partial charge in [-0.25, -0.2) is 9.31 Å². The number of primary amides is 1. The van der Waals surface area contributed by atoms with Crippen LogP contribution in [0.2, 0.25) is 0 Å². The van der Waals surface area contributed by atoms with Crippen LogP contribution in [0.3, 0.4) is 0 Å². The van der Waals surface area contributed by atoms with E-state index in [0.29, 0.717) is 17.5 Å². The Bertz CT molecular complexity index is 1050.